The van der Waals surface area contributed by atoms with Gasteiger partial charge >= 0.3 is 5.76 Å². The largest absolute Gasteiger partial charge is 0.381 e. The molecule has 1 aromatic rings. The van der Waals surface area contributed by atoms with Gasteiger partial charge in [0.05, 0.1) is 10.6 Å². The van der Waals surface area contributed by atoms with E-state index in [1.165, 1.54) is 12.1 Å². The fourth-order valence-electron chi connectivity index (χ4n) is 1.43. The van der Waals surface area contributed by atoms with E-state index in [9.17, 15) is 17.2 Å². The fraction of sp³-hybridized carbons (Fsp3) is 0.455. The Morgan fingerprint density at radius 2 is 1.94 bits per heavy atom. The first-order valence-corrected chi connectivity index (χ1v) is 7.41. The van der Waals surface area contributed by atoms with Crippen LogP contribution in [0.4, 0.5) is 14.5 Å². The van der Waals surface area contributed by atoms with Gasteiger partial charge < -0.3 is 5.32 Å². The molecule has 18 heavy (non-hydrogen) atoms. The molecule has 0 aromatic heterocycles. The van der Waals surface area contributed by atoms with Gasteiger partial charge in [0.2, 0.25) is 9.84 Å². The van der Waals surface area contributed by atoms with Crippen LogP contribution in [0.5, 0.6) is 0 Å². The number of anilines is 1. The lowest BCUT2D eigenvalue weighted by Crippen LogP contribution is -2.19. The van der Waals surface area contributed by atoms with E-state index in [4.69, 9.17) is 11.6 Å². The first-order valence-electron chi connectivity index (χ1n) is 5.33. The molecule has 0 fully saturated rings. The van der Waals surface area contributed by atoms with Crippen LogP contribution in [0.15, 0.2) is 29.2 Å². The lowest BCUT2D eigenvalue weighted by molar-refractivity contribution is 0.235. The molecule has 1 N–H and O–H groups in total. The van der Waals surface area contributed by atoms with Gasteiger partial charge in [-0.05, 0) is 25.5 Å². The van der Waals surface area contributed by atoms with Crippen molar-refractivity contribution in [1.29, 1.82) is 0 Å². The second-order valence-corrected chi connectivity index (χ2v) is 6.09. The highest BCUT2D eigenvalue weighted by Gasteiger charge is 2.29. The monoisotopic (exact) mass is 297 g/mol. The third-order valence-corrected chi connectivity index (χ3v) is 4.03. The van der Waals surface area contributed by atoms with Crippen LogP contribution >= 0.6 is 11.6 Å². The summed E-state index contributed by atoms with van der Waals surface area (Å²) in [6, 6.07) is 5.51. The number of halogens is 3. The number of nitrogens with one attached hydrogen (secondary N) is 1. The van der Waals surface area contributed by atoms with Gasteiger partial charge in [-0.15, -0.1) is 11.6 Å². The van der Waals surface area contributed by atoms with Crippen molar-refractivity contribution in [2.75, 3.05) is 11.2 Å². The van der Waals surface area contributed by atoms with Crippen LogP contribution in [0.1, 0.15) is 13.3 Å². The lowest BCUT2D eigenvalue weighted by Gasteiger charge is -2.17. The number of para-hydroxylation sites is 1. The smallest absolute Gasteiger partial charge is 0.341 e. The van der Waals surface area contributed by atoms with E-state index < -0.39 is 15.6 Å². The van der Waals surface area contributed by atoms with E-state index in [-0.39, 0.29) is 16.6 Å². The van der Waals surface area contributed by atoms with Gasteiger partial charge in [-0.25, -0.2) is 8.42 Å². The van der Waals surface area contributed by atoms with E-state index in [2.05, 4.69) is 5.32 Å². The molecule has 0 amide bonds. The minimum atomic E-state index is -4.60. The van der Waals surface area contributed by atoms with Crippen LogP contribution < -0.4 is 5.32 Å². The topological polar surface area (TPSA) is 46.2 Å². The summed E-state index contributed by atoms with van der Waals surface area (Å²) in [5, 5.41) is 2.88. The first-order chi connectivity index (χ1) is 8.39. The van der Waals surface area contributed by atoms with Crippen LogP contribution in [-0.2, 0) is 9.84 Å². The fourth-order valence-corrected chi connectivity index (χ4v) is 2.65. The highest BCUT2D eigenvalue weighted by Crippen LogP contribution is 2.26. The maximum absolute atomic E-state index is 12.5. The van der Waals surface area contributed by atoms with Gasteiger partial charge in [-0.2, -0.15) is 8.78 Å². The number of benzene rings is 1. The molecular formula is C11H14ClF2NO2S. The van der Waals surface area contributed by atoms with E-state index in [0.29, 0.717) is 12.3 Å². The predicted molar refractivity (Wildman–Crippen MR) is 68.1 cm³/mol. The molecule has 102 valence electrons. The zero-order valence-electron chi connectivity index (χ0n) is 9.74. The standard InChI is InChI=1S/C11H14ClF2NO2S/c1-8(6-7-12)15-9-4-2-3-5-10(9)18(16,17)11(13)14/h2-5,8,11,15H,6-7H2,1H3. The predicted octanol–water partition coefficient (Wildman–Crippen LogP) is 3.11. The van der Waals surface area contributed by atoms with Crippen molar-refractivity contribution in [2.45, 2.75) is 30.0 Å². The van der Waals surface area contributed by atoms with Crippen LogP contribution in [0.25, 0.3) is 0 Å². The Morgan fingerprint density at radius 3 is 2.50 bits per heavy atom. The molecule has 0 spiro atoms. The SMILES string of the molecule is CC(CCCl)Nc1ccccc1S(=O)(=O)C(F)F. The molecule has 0 saturated carbocycles. The Morgan fingerprint density at radius 1 is 1.33 bits per heavy atom. The Bertz CT molecular complexity index is 494. The minimum absolute atomic E-state index is 0.100. The minimum Gasteiger partial charge on any atom is -0.381 e. The summed E-state index contributed by atoms with van der Waals surface area (Å²) < 4.78 is 48.0. The normalized spacial score (nSPS) is 13.6. The van der Waals surface area contributed by atoms with Crippen molar-refractivity contribution in [1.82, 2.24) is 0 Å². The second-order valence-electron chi connectivity index (χ2n) is 3.82. The van der Waals surface area contributed by atoms with Gasteiger partial charge in [0.1, 0.15) is 0 Å². The molecule has 3 nitrogen and oxygen atoms in total. The maximum Gasteiger partial charge on any atom is 0.341 e. The molecule has 7 heteroatoms. The van der Waals surface area contributed by atoms with Crippen molar-refractivity contribution in [2.24, 2.45) is 0 Å². The van der Waals surface area contributed by atoms with Gasteiger partial charge in [0, 0.05) is 11.9 Å². The number of hydrogen-bond donors (Lipinski definition) is 1. The number of rotatable bonds is 6. The molecule has 0 aliphatic rings. The van der Waals surface area contributed by atoms with E-state index in [1.54, 1.807) is 13.0 Å². The molecule has 0 bridgehead atoms. The van der Waals surface area contributed by atoms with Gasteiger partial charge in [-0.3, -0.25) is 0 Å². The average molecular weight is 298 g/mol. The maximum atomic E-state index is 12.5. The molecule has 1 atom stereocenters. The lowest BCUT2D eigenvalue weighted by atomic mass is 10.2. The summed E-state index contributed by atoms with van der Waals surface area (Å²) in [4.78, 5) is -0.388. The zero-order valence-corrected chi connectivity index (χ0v) is 11.3. The van der Waals surface area contributed by atoms with E-state index in [0.717, 1.165) is 6.07 Å². The molecule has 0 aliphatic heterocycles. The summed E-state index contributed by atoms with van der Waals surface area (Å²) in [5.41, 5.74) is 0.176. The highest BCUT2D eigenvalue weighted by atomic mass is 35.5. The molecular weight excluding hydrogens is 284 g/mol. The molecule has 0 saturated heterocycles. The van der Waals surface area contributed by atoms with Gasteiger partial charge in [0.25, 0.3) is 0 Å². The zero-order chi connectivity index (χ0) is 13.8. The first kappa shape index (κ1) is 15.2. The van der Waals surface area contributed by atoms with Crippen molar-refractivity contribution < 1.29 is 17.2 Å². The van der Waals surface area contributed by atoms with Crippen molar-refractivity contribution in [3.63, 3.8) is 0 Å². The quantitative estimate of drug-likeness (QED) is 0.821. The Balaban J connectivity index is 3.08. The summed E-state index contributed by atoms with van der Waals surface area (Å²) in [7, 11) is -4.60. The number of sulfone groups is 1. The third kappa shape index (κ3) is 3.55. The Kier molecular flexibility index (Phi) is 5.34. The number of alkyl halides is 3. The second kappa shape index (κ2) is 6.33. The van der Waals surface area contributed by atoms with Crippen LogP contribution in [-0.4, -0.2) is 26.1 Å². The van der Waals surface area contributed by atoms with Crippen LogP contribution in [0, 0.1) is 0 Å². The molecule has 0 heterocycles. The third-order valence-electron chi connectivity index (χ3n) is 2.37. The molecule has 0 radical (unpaired) electrons. The summed E-state index contributed by atoms with van der Waals surface area (Å²) in [6.07, 6.45) is 0.602. The highest BCUT2D eigenvalue weighted by molar-refractivity contribution is 7.91. The summed E-state index contributed by atoms with van der Waals surface area (Å²) in [5.74, 6) is -3.03. The van der Waals surface area contributed by atoms with Gasteiger partial charge in [0.15, 0.2) is 0 Å². The molecule has 1 unspecified atom stereocenters. The molecule has 1 aromatic carbocycles. The van der Waals surface area contributed by atoms with Crippen molar-refractivity contribution >= 4 is 27.1 Å². The van der Waals surface area contributed by atoms with Gasteiger partial charge in [-0.1, -0.05) is 12.1 Å². The summed E-state index contributed by atoms with van der Waals surface area (Å²) in [6.45, 7) is 1.80. The van der Waals surface area contributed by atoms with Crippen molar-refractivity contribution in [3.05, 3.63) is 24.3 Å². The number of hydrogen-bond acceptors (Lipinski definition) is 3. The van der Waals surface area contributed by atoms with E-state index >= 15 is 0 Å². The van der Waals surface area contributed by atoms with Crippen molar-refractivity contribution in [3.8, 4) is 0 Å². The molecule has 0 aliphatic carbocycles. The van der Waals surface area contributed by atoms with Crippen LogP contribution in [0.2, 0.25) is 0 Å². The Hall–Kier alpha value is -0.880. The Labute approximate surface area is 110 Å². The van der Waals surface area contributed by atoms with Crippen LogP contribution in [0.3, 0.4) is 0 Å². The average Bonchev–Trinajstić information content (AvgIpc) is 2.29. The molecule has 1 rings (SSSR count). The van der Waals surface area contributed by atoms with E-state index in [1.807, 2.05) is 0 Å². The summed E-state index contributed by atoms with van der Waals surface area (Å²) >= 11 is 5.56.